The summed E-state index contributed by atoms with van der Waals surface area (Å²) in [5, 5.41) is 12.6. The molecule has 0 aliphatic rings. The second-order valence-corrected chi connectivity index (χ2v) is 6.98. The van der Waals surface area contributed by atoms with E-state index in [1.807, 2.05) is 13.0 Å². The number of benzene rings is 3. The first-order valence-electron chi connectivity index (χ1n) is 9.11. The van der Waals surface area contributed by atoms with E-state index in [-0.39, 0.29) is 18.0 Å². The van der Waals surface area contributed by atoms with Gasteiger partial charge in [-0.25, -0.2) is 4.39 Å². The first-order valence-corrected chi connectivity index (χ1v) is 9.49. The van der Waals surface area contributed by atoms with Crippen LogP contribution in [0.3, 0.4) is 0 Å². The number of aryl methyl sites for hydroxylation is 1. The molecule has 3 aromatic carbocycles. The number of hydrogen-bond acceptors (Lipinski definition) is 3. The molecule has 0 atom stereocenters. The Hall–Kier alpha value is -3.62. The molecule has 0 saturated carbocycles. The fraction of sp³-hybridized carbons (Fsp3) is 0.0833. The van der Waals surface area contributed by atoms with Gasteiger partial charge in [-0.3, -0.25) is 4.79 Å². The first kappa shape index (κ1) is 21.1. The molecule has 0 aromatic heterocycles. The van der Waals surface area contributed by atoms with Crippen LogP contribution < -0.4 is 10.1 Å². The molecule has 0 saturated heterocycles. The molecule has 0 aliphatic heterocycles. The number of amides is 1. The van der Waals surface area contributed by atoms with Crippen LogP contribution in [0.2, 0.25) is 5.02 Å². The molecule has 0 spiro atoms. The third-order valence-corrected chi connectivity index (χ3v) is 4.69. The van der Waals surface area contributed by atoms with Crippen molar-refractivity contribution >= 4 is 29.3 Å². The van der Waals surface area contributed by atoms with Crippen molar-refractivity contribution in [1.82, 2.24) is 0 Å². The minimum absolute atomic E-state index is 0.0415. The van der Waals surface area contributed by atoms with Gasteiger partial charge in [-0.15, -0.1) is 0 Å². The van der Waals surface area contributed by atoms with Gasteiger partial charge in [-0.05, 0) is 66.1 Å². The predicted octanol–water partition coefficient (Wildman–Crippen LogP) is 5.91. The van der Waals surface area contributed by atoms with Gasteiger partial charge in [-0.1, -0.05) is 41.9 Å². The van der Waals surface area contributed by atoms with Crippen LogP contribution in [0.4, 0.5) is 10.1 Å². The summed E-state index contributed by atoms with van der Waals surface area (Å²) in [4.78, 5) is 12.4. The quantitative estimate of drug-likeness (QED) is 0.398. The Morgan fingerprint density at radius 3 is 2.60 bits per heavy atom. The summed E-state index contributed by atoms with van der Waals surface area (Å²) in [6, 6.07) is 20.1. The van der Waals surface area contributed by atoms with Crippen LogP contribution in [0, 0.1) is 24.1 Å². The number of carbonyl (C=O) groups excluding carboxylic acids is 1. The Morgan fingerprint density at radius 1 is 1.17 bits per heavy atom. The average Bonchev–Trinajstić information content (AvgIpc) is 2.74. The number of hydrogen-bond donors (Lipinski definition) is 1. The van der Waals surface area contributed by atoms with Gasteiger partial charge in [0.25, 0.3) is 5.91 Å². The van der Waals surface area contributed by atoms with Gasteiger partial charge < -0.3 is 10.1 Å². The van der Waals surface area contributed by atoms with Crippen molar-refractivity contribution in [2.75, 3.05) is 5.32 Å². The molecule has 0 heterocycles. The molecule has 0 radical (unpaired) electrons. The summed E-state index contributed by atoms with van der Waals surface area (Å²) in [5.74, 6) is -0.246. The van der Waals surface area contributed by atoms with E-state index in [4.69, 9.17) is 16.3 Å². The first-order chi connectivity index (χ1) is 14.4. The molecule has 150 valence electrons. The minimum atomic E-state index is -0.524. The molecule has 6 heteroatoms. The minimum Gasteiger partial charge on any atom is -0.489 e. The van der Waals surface area contributed by atoms with Crippen molar-refractivity contribution in [2.45, 2.75) is 13.5 Å². The predicted molar refractivity (Wildman–Crippen MR) is 116 cm³/mol. The van der Waals surface area contributed by atoms with E-state index < -0.39 is 5.91 Å². The molecule has 3 aromatic rings. The summed E-state index contributed by atoms with van der Waals surface area (Å²) in [6.45, 7) is 2.10. The summed E-state index contributed by atoms with van der Waals surface area (Å²) in [7, 11) is 0. The largest absolute Gasteiger partial charge is 0.489 e. The molecule has 30 heavy (non-hydrogen) atoms. The monoisotopic (exact) mass is 420 g/mol. The van der Waals surface area contributed by atoms with Crippen LogP contribution in [-0.2, 0) is 11.4 Å². The van der Waals surface area contributed by atoms with Crippen LogP contribution >= 0.6 is 11.6 Å². The lowest BCUT2D eigenvalue weighted by Gasteiger charge is -2.07. The molecule has 0 bridgehead atoms. The lowest BCUT2D eigenvalue weighted by Crippen LogP contribution is -2.13. The maximum absolute atomic E-state index is 13.2. The van der Waals surface area contributed by atoms with Gasteiger partial charge in [0.15, 0.2) is 0 Å². The zero-order valence-corrected chi connectivity index (χ0v) is 16.9. The summed E-state index contributed by atoms with van der Waals surface area (Å²) in [5.41, 5.74) is 2.75. The maximum atomic E-state index is 13.2. The van der Waals surface area contributed by atoms with Crippen LogP contribution in [-0.4, -0.2) is 5.91 Å². The Labute approximate surface area is 179 Å². The van der Waals surface area contributed by atoms with Gasteiger partial charge in [-0.2, -0.15) is 5.26 Å². The van der Waals surface area contributed by atoms with Crippen LogP contribution in [0.5, 0.6) is 5.75 Å². The highest BCUT2D eigenvalue weighted by Crippen LogP contribution is 2.21. The van der Waals surface area contributed by atoms with E-state index in [9.17, 15) is 14.4 Å². The number of nitrogens with one attached hydrogen (secondary N) is 1. The molecule has 0 fully saturated rings. The van der Waals surface area contributed by atoms with Crippen molar-refractivity contribution in [2.24, 2.45) is 0 Å². The fourth-order valence-corrected chi connectivity index (χ4v) is 2.82. The maximum Gasteiger partial charge on any atom is 0.266 e. The van der Waals surface area contributed by atoms with Crippen molar-refractivity contribution in [3.63, 3.8) is 0 Å². The summed E-state index contributed by atoms with van der Waals surface area (Å²) >= 11 is 6.07. The highest BCUT2D eigenvalue weighted by atomic mass is 35.5. The van der Waals surface area contributed by atoms with Gasteiger partial charge >= 0.3 is 0 Å². The van der Waals surface area contributed by atoms with Crippen LogP contribution in [0.25, 0.3) is 6.08 Å². The Balaban J connectivity index is 1.65. The van der Waals surface area contributed by atoms with Gasteiger partial charge in [0.2, 0.25) is 0 Å². The number of ether oxygens (including phenoxy) is 1. The SMILES string of the molecule is Cc1ccc(NC(=O)/C(C#N)=C/c2ccc(OCc3cccc(F)c3)cc2)cc1Cl. The molecular formula is C24H18ClFN2O2. The average molecular weight is 421 g/mol. The standard InChI is InChI=1S/C24H18ClFN2O2/c1-16-5-8-21(13-23(16)25)28-24(29)19(14-27)11-17-6-9-22(10-7-17)30-15-18-3-2-4-20(26)12-18/h2-13H,15H2,1H3,(H,28,29)/b19-11+. The third-order valence-electron chi connectivity index (χ3n) is 4.28. The van der Waals surface area contributed by atoms with Gasteiger partial charge in [0.05, 0.1) is 0 Å². The Morgan fingerprint density at radius 2 is 1.93 bits per heavy atom. The Bertz CT molecular complexity index is 1130. The van der Waals surface area contributed by atoms with Crippen molar-refractivity contribution < 1.29 is 13.9 Å². The van der Waals surface area contributed by atoms with Crippen molar-refractivity contribution in [3.8, 4) is 11.8 Å². The van der Waals surface area contributed by atoms with E-state index in [0.717, 1.165) is 11.1 Å². The number of rotatable bonds is 6. The molecule has 0 aliphatic carbocycles. The number of nitriles is 1. The zero-order chi connectivity index (χ0) is 21.5. The lowest BCUT2D eigenvalue weighted by molar-refractivity contribution is -0.112. The molecular weight excluding hydrogens is 403 g/mol. The normalized spacial score (nSPS) is 10.9. The summed E-state index contributed by atoms with van der Waals surface area (Å²) in [6.07, 6.45) is 1.49. The fourth-order valence-electron chi connectivity index (χ4n) is 2.64. The van der Waals surface area contributed by atoms with Crippen LogP contribution in [0.1, 0.15) is 16.7 Å². The smallest absolute Gasteiger partial charge is 0.266 e. The molecule has 4 nitrogen and oxygen atoms in total. The van der Waals surface area contributed by atoms with E-state index in [1.54, 1.807) is 54.6 Å². The second-order valence-electron chi connectivity index (χ2n) is 6.58. The van der Waals surface area contributed by atoms with Gasteiger partial charge in [0.1, 0.15) is 29.8 Å². The van der Waals surface area contributed by atoms with E-state index in [2.05, 4.69) is 5.32 Å². The highest BCUT2D eigenvalue weighted by Gasteiger charge is 2.10. The number of anilines is 1. The number of nitrogens with zero attached hydrogens (tertiary/aromatic N) is 1. The molecule has 0 unspecified atom stereocenters. The van der Waals surface area contributed by atoms with E-state index >= 15 is 0 Å². The second kappa shape index (κ2) is 9.73. The zero-order valence-electron chi connectivity index (χ0n) is 16.2. The molecule has 1 amide bonds. The topological polar surface area (TPSA) is 62.1 Å². The summed E-state index contributed by atoms with van der Waals surface area (Å²) < 4.78 is 18.9. The lowest BCUT2D eigenvalue weighted by atomic mass is 10.1. The molecule has 1 N–H and O–H groups in total. The van der Waals surface area contributed by atoms with Crippen molar-refractivity contribution in [3.05, 3.63) is 99.8 Å². The van der Waals surface area contributed by atoms with Gasteiger partial charge in [0, 0.05) is 10.7 Å². The Kier molecular flexibility index (Phi) is 6.84. The van der Waals surface area contributed by atoms with E-state index in [1.165, 1.54) is 18.2 Å². The third kappa shape index (κ3) is 5.69. The highest BCUT2D eigenvalue weighted by molar-refractivity contribution is 6.31. The molecule has 3 rings (SSSR count). The number of carbonyl (C=O) groups is 1. The van der Waals surface area contributed by atoms with E-state index in [0.29, 0.717) is 22.0 Å². The van der Waals surface area contributed by atoms with Crippen molar-refractivity contribution in [1.29, 1.82) is 5.26 Å². The number of halogens is 2. The van der Waals surface area contributed by atoms with Crippen LogP contribution in [0.15, 0.2) is 72.3 Å².